The molecule has 3 aromatic carbocycles. The number of aromatic amines is 1. The molecule has 5 aromatic rings. The van der Waals surface area contributed by atoms with Gasteiger partial charge in [-0.3, -0.25) is 0 Å². The van der Waals surface area contributed by atoms with E-state index in [1.807, 2.05) is 73.7 Å². The number of hydrogen-bond donors (Lipinski definition) is 1. The zero-order valence-electron chi connectivity index (χ0n) is 15.7. The molecule has 3 nitrogen and oxygen atoms in total. The number of aryl methyl sites for hydroxylation is 1. The molecule has 5 rings (SSSR count). The fraction of sp³-hybridized carbons (Fsp3) is 0.0400. The van der Waals surface area contributed by atoms with Crippen LogP contribution in [0.2, 0.25) is 5.02 Å². The van der Waals surface area contributed by atoms with Crippen LogP contribution in [-0.4, -0.2) is 9.97 Å². The number of rotatable bonds is 2. The van der Waals surface area contributed by atoms with Gasteiger partial charge in [0.05, 0.1) is 16.8 Å². The summed E-state index contributed by atoms with van der Waals surface area (Å²) in [6.45, 7) is 2.02. The summed E-state index contributed by atoms with van der Waals surface area (Å²) < 4.78 is 0. The third-order valence-electron chi connectivity index (χ3n) is 5.25. The lowest BCUT2D eigenvalue weighted by molar-refractivity contribution is 1.28. The first-order chi connectivity index (χ1) is 14.2. The van der Waals surface area contributed by atoms with Gasteiger partial charge in [0.25, 0.3) is 0 Å². The summed E-state index contributed by atoms with van der Waals surface area (Å²) in [6, 6.07) is 26.1. The molecule has 4 heteroatoms. The highest BCUT2D eigenvalue weighted by atomic mass is 35.5. The zero-order valence-corrected chi connectivity index (χ0v) is 16.5. The van der Waals surface area contributed by atoms with Gasteiger partial charge in [-0.2, -0.15) is 5.26 Å². The minimum Gasteiger partial charge on any atom is -0.358 e. The van der Waals surface area contributed by atoms with E-state index in [9.17, 15) is 5.26 Å². The molecule has 0 fully saturated rings. The lowest BCUT2D eigenvalue weighted by Crippen LogP contribution is -1.97. The maximum Gasteiger partial charge on any atom is 0.102 e. The Morgan fingerprint density at radius 3 is 2.45 bits per heavy atom. The van der Waals surface area contributed by atoms with E-state index in [0.29, 0.717) is 16.3 Å². The van der Waals surface area contributed by atoms with E-state index in [4.69, 9.17) is 16.6 Å². The number of para-hydroxylation sites is 1. The Balaban J connectivity index is 1.97. The third-order valence-corrected chi connectivity index (χ3v) is 5.49. The number of H-pyrrole nitrogens is 1. The topological polar surface area (TPSA) is 52.5 Å². The van der Waals surface area contributed by atoms with Crippen LogP contribution in [0.5, 0.6) is 0 Å². The van der Waals surface area contributed by atoms with Gasteiger partial charge in [-0.25, -0.2) is 4.98 Å². The van der Waals surface area contributed by atoms with Crippen molar-refractivity contribution in [3.8, 4) is 28.5 Å². The molecule has 2 aromatic heterocycles. The summed E-state index contributed by atoms with van der Waals surface area (Å²) in [6.07, 6.45) is 0. The number of fused-ring (bicyclic) bond motifs is 2. The molecule has 0 amide bonds. The maximum absolute atomic E-state index is 10.2. The average molecular weight is 394 g/mol. The standard InChI is InChI=1S/C25H16ClN3/c1-15-23(18-9-5-6-10-21(18)28-15)25-20(14-27)24(16-7-3-2-4-8-16)19-13-17(26)11-12-22(19)29-25/h2-13,28H,1H3. The highest BCUT2D eigenvalue weighted by Crippen LogP contribution is 2.40. The Hall–Kier alpha value is -3.61. The van der Waals surface area contributed by atoms with Crippen LogP contribution in [0, 0.1) is 18.3 Å². The van der Waals surface area contributed by atoms with Crippen LogP contribution in [0.25, 0.3) is 44.2 Å². The van der Waals surface area contributed by atoms with Gasteiger partial charge in [-0.05, 0) is 36.8 Å². The second-order valence-corrected chi connectivity index (χ2v) is 7.46. The molecule has 0 aliphatic heterocycles. The summed E-state index contributed by atoms with van der Waals surface area (Å²) in [5.41, 5.74) is 6.87. The molecule has 29 heavy (non-hydrogen) atoms. The fourth-order valence-electron chi connectivity index (χ4n) is 4.01. The quantitative estimate of drug-likeness (QED) is 0.355. The predicted molar refractivity (Wildman–Crippen MR) is 119 cm³/mol. The van der Waals surface area contributed by atoms with Gasteiger partial charge in [0.2, 0.25) is 0 Å². The van der Waals surface area contributed by atoms with E-state index in [-0.39, 0.29) is 0 Å². The summed E-state index contributed by atoms with van der Waals surface area (Å²) in [5, 5.41) is 12.8. The Kier molecular flexibility index (Phi) is 4.08. The second-order valence-electron chi connectivity index (χ2n) is 7.02. The monoisotopic (exact) mass is 393 g/mol. The normalized spacial score (nSPS) is 11.1. The molecule has 0 spiro atoms. The van der Waals surface area contributed by atoms with Gasteiger partial charge in [-0.1, -0.05) is 60.1 Å². The highest BCUT2D eigenvalue weighted by molar-refractivity contribution is 6.31. The first-order valence-corrected chi connectivity index (χ1v) is 9.71. The number of nitrogens with zero attached hydrogens (tertiary/aromatic N) is 2. The van der Waals surface area contributed by atoms with E-state index in [2.05, 4.69) is 17.1 Å². The first-order valence-electron chi connectivity index (χ1n) is 9.34. The van der Waals surface area contributed by atoms with Gasteiger partial charge in [0.1, 0.15) is 6.07 Å². The molecule has 138 valence electrons. The van der Waals surface area contributed by atoms with Gasteiger partial charge in [0, 0.05) is 38.1 Å². The van der Waals surface area contributed by atoms with Crippen molar-refractivity contribution in [1.82, 2.24) is 9.97 Å². The SMILES string of the molecule is Cc1[nH]c2ccccc2c1-c1nc2ccc(Cl)cc2c(-c2ccccc2)c1C#N. The second kappa shape index (κ2) is 6.77. The van der Waals surface area contributed by atoms with Crippen LogP contribution in [-0.2, 0) is 0 Å². The van der Waals surface area contributed by atoms with Crippen molar-refractivity contribution < 1.29 is 0 Å². The van der Waals surface area contributed by atoms with Gasteiger partial charge in [0.15, 0.2) is 0 Å². The fourth-order valence-corrected chi connectivity index (χ4v) is 4.18. The van der Waals surface area contributed by atoms with E-state index >= 15 is 0 Å². The van der Waals surface area contributed by atoms with Crippen molar-refractivity contribution in [2.24, 2.45) is 0 Å². The Morgan fingerprint density at radius 2 is 1.66 bits per heavy atom. The largest absolute Gasteiger partial charge is 0.358 e. The molecule has 1 N–H and O–H groups in total. The molecule has 0 aliphatic carbocycles. The van der Waals surface area contributed by atoms with Gasteiger partial charge >= 0.3 is 0 Å². The minimum absolute atomic E-state index is 0.554. The Labute approximate surface area is 173 Å². The maximum atomic E-state index is 10.2. The number of halogens is 1. The van der Waals surface area contributed by atoms with Gasteiger partial charge < -0.3 is 4.98 Å². The van der Waals surface area contributed by atoms with E-state index < -0.39 is 0 Å². The van der Waals surface area contributed by atoms with Crippen molar-refractivity contribution in [3.63, 3.8) is 0 Å². The van der Waals surface area contributed by atoms with Crippen molar-refractivity contribution in [2.45, 2.75) is 6.92 Å². The van der Waals surface area contributed by atoms with E-state index in [0.717, 1.165) is 44.2 Å². The van der Waals surface area contributed by atoms with Crippen molar-refractivity contribution >= 4 is 33.4 Å². The highest BCUT2D eigenvalue weighted by Gasteiger charge is 2.21. The number of nitrogens with one attached hydrogen (secondary N) is 1. The number of pyridine rings is 1. The van der Waals surface area contributed by atoms with Crippen LogP contribution in [0.4, 0.5) is 0 Å². The summed E-state index contributed by atoms with van der Waals surface area (Å²) in [5.74, 6) is 0. The lowest BCUT2D eigenvalue weighted by Gasteiger charge is -2.14. The molecular formula is C25H16ClN3. The molecule has 0 saturated carbocycles. The minimum atomic E-state index is 0.554. The van der Waals surface area contributed by atoms with Crippen LogP contribution in [0.1, 0.15) is 11.3 Å². The molecule has 0 aliphatic rings. The molecule has 0 radical (unpaired) electrons. The predicted octanol–water partition coefficient (Wildman–Crippen LogP) is 6.88. The average Bonchev–Trinajstić information content (AvgIpc) is 3.08. The number of hydrogen-bond acceptors (Lipinski definition) is 2. The lowest BCUT2D eigenvalue weighted by atomic mass is 9.92. The molecule has 0 unspecified atom stereocenters. The molecular weight excluding hydrogens is 378 g/mol. The van der Waals surface area contributed by atoms with Crippen LogP contribution < -0.4 is 0 Å². The third kappa shape index (κ3) is 2.77. The van der Waals surface area contributed by atoms with Crippen molar-refractivity contribution in [2.75, 3.05) is 0 Å². The summed E-state index contributed by atoms with van der Waals surface area (Å²) >= 11 is 6.30. The Bertz CT molecular complexity index is 1430. The Morgan fingerprint density at radius 1 is 0.897 bits per heavy atom. The van der Waals surface area contributed by atoms with Crippen molar-refractivity contribution in [1.29, 1.82) is 5.26 Å². The number of aromatic nitrogens is 2. The van der Waals surface area contributed by atoms with Gasteiger partial charge in [-0.15, -0.1) is 0 Å². The molecule has 2 heterocycles. The number of benzene rings is 3. The smallest absolute Gasteiger partial charge is 0.102 e. The van der Waals surface area contributed by atoms with E-state index in [1.54, 1.807) is 0 Å². The summed E-state index contributed by atoms with van der Waals surface area (Å²) in [4.78, 5) is 8.35. The van der Waals surface area contributed by atoms with Crippen LogP contribution >= 0.6 is 11.6 Å². The number of nitriles is 1. The van der Waals surface area contributed by atoms with Crippen LogP contribution in [0.15, 0.2) is 72.8 Å². The molecule has 0 atom stereocenters. The first kappa shape index (κ1) is 17.5. The summed E-state index contributed by atoms with van der Waals surface area (Å²) in [7, 11) is 0. The van der Waals surface area contributed by atoms with Crippen LogP contribution in [0.3, 0.4) is 0 Å². The van der Waals surface area contributed by atoms with Crippen molar-refractivity contribution in [3.05, 3.63) is 89.1 Å². The van der Waals surface area contributed by atoms with E-state index in [1.165, 1.54) is 0 Å². The molecule has 0 saturated heterocycles. The molecule has 0 bridgehead atoms. The zero-order chi connectivity index (χ0) is 20.0.